The lowest BCUT2D eigenvalue weighted by molar-refractivity contribution is 0.388. The van der Waals surface area contributed by atoms with Gasteiger partial charge < -0.3 is 18.5 Å². The number of aromatic nitrogens is 3. The van der Waals surface area contributed by atoms with Gasteiger partial charge in [-0.25, -0.2) is 9.97 Å². The Morgan fingerprint density at radius 1 is 1.04 bits per heavy atom. The van der Waals surface area contributed by atoms with Crippen LogP contribution in [0.25, 0.3) is 11.5 Å². The maximum Gasteiger partial charge on any atom is 0.230 e. The summed E-state index contributed by atoms with van der Waals surface area (Å²) in [5.74, 6) is 3.77. The maximum absolute atomic E-state index is 5.92. The molecule has 0 bridgehead atoms. The molecule has 1 aromatic carbocycles. The van der Waals surface area contributed by atoms with Crippen LogP contribution in [0.4, 0.5) is 0 Å². The van der Waals surface area contributed by atoms with Gasteiger partial charge in [0, 0.05) is 11.8 Å². The first kappa shape index (κ1) is 17.1. The van der Waals surface area contributed by atoms with E-state index in [0.717, 1.165) is 39.8 Å². The number of rotatable bonds is 5. The Labute approximate surface area is 147 Å². The Morgan fingerprint density at radius 2 is 1.80 bits per heavy atom. The molecular weight excluding hydrogens is 318 g/mol. The number of methoxy groups -OCH3 is 2. The zero-order chi connectivity index (χ0) is 18.1. The van der Waals surface area contributed by atoms with Gasteiger partial charge >= 0.3 is 0 Å². The third-order valence-corrected chi connectivity index (χ3v) is 4.32. The molecule has 0 unspecified atom stereocenters. The van der Waals surface area contributed by atoms with Crippen LogP contribution in [0.1, 0.15) is 28.5 Å². The number of hydrogen-bond acceptors (Lipinski definition) is 5. The van der Waals surface area contributed by atoms with Gasteiger partial charge in [0.25, 0.3) is 0 Å². The fourth-order valence-electron chi connectivity index (χ4n) is 3.00. The van der Waals surface area contributed by atoms with Crippen molar-refractivity contribution >= 4 is 0 Å². The van der Waals surface area contributed by atoms with Crippen LogP contribution in [0, 0.1) is 27.7 Å². The van der Waals surface area contributed by atoms with Crippen molar-refractivity contribution in [2.75, 3.05) is 14.2 Å². The van der Waals surface area contributed by atoms with E-state index in [1.807, 2.05) is 46.0 Å². The second kappa shape index (κ2) is 6.63. The highest BCUT2D eigenvalue weighted by Gasteiger charge is 2.19. The predicted octanol–water partition coefficient (Wildman–Crippen LogP) is 3.84. The van der Waals surface area contributed by atoms with Crippen LogP contribution < -0.4 is 9.47 Å². The molecule has 3 rings (SSSR count). The van der Waals surface area contributed by atoms with Crippen molar-refractivity contribution < 1.29 is 13.9 Å². The highest BCUT2D eigenvalue weighted by atomic mass is 16.5. The van der Waals surface area contributed by atoms with Crippen LogP contribution >= 0.6 is 0 Å². The molecule has 0 saturated carbocycles. The molecule has 3 aromatic rings. The summed E-state index contributed by atoms with van der Waals surface area (Å²) in [5.41, 5.74) is 3.60. The second-order valence-corrected chi connectivity index (χ2v) is 6.05. The van der Waals surface area contributed by atoms with Crippen molar-refractivity contribution in [3.8, 4) is 23.0 Å². The topological polar surface area (TPSA) is 62.3 Å². The van der Waals surface area contributed by atoms with E-state index < -0.39 is 0 Å². The van der Waals surface area contributed by atoms with E-state index in [1.54, 1.807) is 14.2 Å². The lowest BCUT2D eigenvalue weighted by Crippen LogP contribution is -2.02. The molecule has 0 amide bonds. The Balaban J connectivity index is 2.00. The van der Waals surface area contributed by atoms with Crippen LogP contribution in [0.15, 0.2) is 22.7 Å². The average molecular weight is 341 g/mol. The van der Waals surface area contributed by atoms with Gasteiger partial charge in [-0.05, 0) is 39.8 Å². The molecule has 0 aliphatic carbocycles. The van der Waals surface area contributed by atoms with Crippen molar-refractivity contribution in [2.24, 2.45) is 0 Å². The lowest BCUT2D eigenvalue weighted by Gasteiger charge is -2.12. The molecule has 2 heterocycles. The van der Waals surface area contributed by atoms with Gasteiger partial charge in [0.1, 0.15) is 28.8 Å². The van der Waals surface area contributed by atoms with E-state index in [4.69, 9.17) is 18.9 Å². The molecule has 0 atom stereocenters. The highest BCUT2D eigenvalue weighted by Crippen LogP contribution is 2.38. The Morgan fingerprint density at radius 3 is 2.40 bits per heavy atom. The Hall–Kier alpha value is -2.76. The van der Waals surface area contributed by atoms with Crippen molar-refractivity contribution in [1.29, 1.82) is 0 Å². The molecule has 0 radical (unpaired) electrons. The summed E-state index contributed by atoms with van der Waals surface area (Å²) in [6.45, 7) is 8.47. The van der Waals surface area contributed by atoms with Crippen molar-refractivity contribution in [3.63, 3.8) is 0 Å². The summed E-state index contributed by atoms with van der Waals surface area (Å²) < 4.78 is 18.9. The first-order valence-electron chi connectivity index (χ1n) is 8.13. The van der Waals surface area contributed by atoms with Gasteiger partial charge in [0.15, 0.2) is 0 Å². The van der Waals surface area contributed by atoms with E-state index >= 15 is 0 Å². The third kappa shape index (κ3) is 3.12. The Bertz CT molecular complexity index is 909. The molecule has 0 aliphatic heterocycles. The first-order valence-corrected chi connectivity index (χ1v) is 8.13. The standard InChI is InChI=1S/C19H23N3O3/c1-11-9-22(14(4)20-11)10-16-13(3)25-19(21-16)15-7-8-17(23-5)12(2)18(15)24-6/h7-9H,10H2,1-6H3. The molecule has 132 valence electrons. The monoisotopic (exact) mass is 341 g/mol. The summed E-state index contributed by atoms with van der Waals surface area (Å²) in [5, 5.41) is 0. The minimum atomic E-state index is 0.546. The molecule has 6 nitrogen and oxygen atoms in total. The molecule has 0 spiro atoms. The number of imidazole rings is 1. The van der Waals surface area contributed by atoms with E-state index in [2.05, 4.69) is 9.55 Å². The van der Waals surface area contributed by atoms with Gasteiger partial charge in [0.05, 0.1) is 32.0 Å². The normalized spacial score (nSPS) is 11.0. The molecule has 0 saturated heterocycles. The Kier molecular flexibility index (Phi) is 4.53. The number of nitrogens with zero attached hydrogens (tertiary/aromatic N) is 3. The number of hydrogen-bond donors (Lipinski definition) is 0. The van der Waals surface area contributed by atoms with Crippen LogP contribution in [0.5, 0.6) is 11.5 Å². The summed E-state index contributed by atoms with van der Waals surface area (Å²) in [7, 11) is 3.28. The zero-order valence-corrected chi connectivity index (χ0v) is 15.5. The average Bonchev–Trinajstić information content (AvgIpc) is 3.09. The number of benzene rings is 1. The van der Waals surface area contributed by atoms with Gasteiger partial charge in [-0.3, -0.25) is 0 Å². The van der Waals surface area contributed by atoms with Crippen LogP contribution in [-0.2, 0) is 6.54 Å². The molecule has 2 aromatic heterocycles. The summed E-state index contributed by atoms with van der Waals surface area (Å²) in [4.78, 5) is 9.13. The smallest absolute Gasteiger partial charge is 0.230 e. The molecule has 0 fully saturated rings. The minimum Gasteiger partial charge on any atom is -0.496 e. The summed E-state index contributed by atoms with van der Waals surface area (Å²) >= 11 is 0. The van der Waals surface area contributed by atoms with Gasteiger partial charge in [-0.1, -0.05) is 0 Å². The largest absolute Gasteiger partial charge is 0.496 e. The zero-order valence-electron chi connectivity index (χ0n) is 15.5. The minimum absolute atomic E-state index is 0.546. The SMILES string of the molecule is COc1ccc(-c2nc(Cn3cc(C)nc3C)c(C)o2)c(OC)c1C. The number of oxazole rings is 1. The third-order valence-electron chi connectivity index (χ3n) is 4.32. The predicted molar refractivity (Wildman–Crippen MR) is 95.3 cm³/mol. The molecular formula is C19H23N3O3. The molecule has 0 N–H and O–H groups in total. The van der Waals surface area contributed by atoms with E-state index in [-0.39, 0.29) is 0 Å². The van der Waals surface area contributed by atoms with Gasteiger partial charge in [0.2, 0.25) is 5.89 Å². The van der Waals surface area contributed by atoms with E-state index in [9.17, 15) is 0 Å². The van der Waals surface area contributed by atoms with Crippen molar-refractivity contribution in [3.05, 3.63) is 46.9 Å². The summed E-state index contributed by atoms with van der Waals surface area (Å²) in [6, 6.07) is 3.81. The van der Waals surface area contributed by atoms with Gasteiger partial charge in [-0.15, -0.1) is 0 Å². The van der Waals surface area contributed by atoms with Crippen LogP contribution in [-0.4, -0.2) is 28.8 Å². The van der Waals surface area contributed by atoms with Gasteiger partial charge in [-0.2, -0.15) is 0 Å². The molecule has 0 aliphatic rings. The van der Waals surface area contributed by atoms with Crippen LogP contribution in [0.3, 0.4) is 0 Å². The first-order chi connectivity index (χ1) is 11.9. The van der Waals surface area contributed by atoms with E-state index in [1.165, 1.54) is 0 Å². The lowest BCUT2D eigenvalue weighted by atomic mass is 10.1. The fraction of sp³-hybridized carbons (Fsp3) is 0.368. The molecule has 25 heavy (non-hydrogen) atoms. The molecule has 6 heteroatoms. The highest BCUT2D eigenvalue weighted by molar-refractivity contribution is 5.68. The van der Waals surface area contributed by atoms with E-state index in [0.29, 0.717) is 18.2 Å². The second-order valence-electron chi connectivity index (χ2n) is 6.05. The number of ether oxygens (including phenoxy) is 2. The van der Waals surface area contributed by atoms with Crippen molar-refractivity contribution in [2.45, 2.75) is 34.2 Å². The fourth-order valence-corrected chi connectivity index (χ4v) is 3.00. The number of aryl methyl sites for hydroxylation is 3. The maximum atomic E-state index is 5.92. The van der Waals surface area contributed by atoms with Crippen LogP contribution in [0.2, 0.25) is 0 Å². The van der Waals surface area contributed by atoms with Crippen molar-refractivity contribution in [1.82, 2.24) is 14.5 Å². The quantitative estimate of drug-likeness (QED) is 0.705. The summed E-state index contributed by atoms with van der Waals surface area (Å²) in [6.07, 6.45) is 2.02.